The van der Waals surface area contributed by atoms with E-state index in [2.05, 4.69) is 5.10 Å². The fraction of sp³-hybridized carbons (Fsp3) is 0.182. The number of halogens is 1. The predicted molar refractivity (Wildman–Crippen MR) is 67.9 cm³/mol. The van der Waals surface area contributed by atoms with Gasteiger partial charge in [-0.25, -0.2) is 0 Å². The van der Waals surface area contributed by atoms with E-state index in [1.54, 1.807) is 0 Å². The van der Waals surface area contributed by atoms with Gasteiger partial charge in [0.2, 0.25) is 0 Å². The van der Waals surface area contributed by atoms with Crippen molar-refractivity contribution < 1.29 is 0 Å². The molecule has 0 radical (unpaired) electrons. The van der Waals surface area contributed by atoms with Gasteiger partial charge < -0.3 is 5.73 Å². The summed E-state index contributed by atoms with van der Waals surface area (Å²) in [6, 6.07) is 7.53. The van der Waals surface area contributed by atoms with Crippen LogP contribution in [0, 0.1) is 6.92 Å². The average molecular weight is 254 g/mol. The highest BCUT2D eigenvalue weighted by atomic mass is 35.5. The number of rotatable bonds is 2. The molecule has 0 unspecified atom stereocenters. The largest absolute Gasteiger partial charge is 0.398 e. The van der Waals surface area contributed by atoms with E-state index in [0.717, 1.165) is 15.6 Å². The number of anilines is 1. The van der Waals surface area contributed by atoms with Crippen molar-refractivity contribution in [1.29, 1.82) is 0 Å². The molecule has 2 N–H and O–H groups in total. The summed E-state index contributed by atoms with van der Waals surface area (Å²) in [6.07, 6.45) is 0. The minimum absolute atomic E-state index is 0.670. The van der Waals surface area contributed by atoms with Crippen molar-refractivity contribution in [2.45, 2.75) is 16.8 Å². The molecular formula is C11H12ClN3S. The van der Waals surface area contributed by atoms with Crippen molar-refractivity contribution in [3.63, 3.8) is 0 Å². The zero-order valence-corrected chi connectivity index (χ0v) is 10.6. The lowest BCUT2D eigenvalue weighted by Gasteiger charge is -2.06. The summed E-state index contributed by atoms with van der Waals surface area (Å²) < 4.78 is 1.82. The van der Waals surface area contributed by atoms with Gasteiger partial charge in [-0.15, -0.1) is 0 Å². The van der Waals surface area contributed by atoms with E-state index in [9.17, 15) is 0 Å². The van der Waals surface area contributed by atoms with Crippen LogP contribution in [0.4, 0.5) is 5.69 Å². The van der Waals surface area contributed by atoms with Gasteiger partial charge in [0.25, 0.3) is 0 Å². The minimum atomic E-state index is 0.670. The van der Waals surface area contributed by atoms with E-state index in [-0.39, 0.29) is 0 Å². The van der Waals surface area contributed by atoms with Crippen LogP contribution in [0.2, 0.25) is 5.02 Å². The number of hydrogen-bond acceptors (Lipinski definition) is 3. The van der Waals surface area contributed by atoms with E-state index in [1.165, 1.54) is 11.8 Å². The summed E-state index contributed by atoms with van der Waals surface area (Å²) in [5.74, 6) is 0. The maximum Gasteiger partial charge on any atom is 0.0988 e. The highest BCUT2D eigenvalue weighted by molar-refractivity contribution is 7.99. The zero-order valence-electron chi connectivity index (χ0n) is 9.07. The van der Waals surface area contributed by atoms with E-state index in [4.69, 9.17) is 17.3 Å². The molecule has 0 saturated carbocycles. The van der Waals surface area contributed by atoms with Gasteiger partial charge in [-0.3, -0.25) is 4.68 Å². The van der Waals surface area contributed by atoms with Gasteiger partial charge in [-0.05, 0) is 25.1 Å². The first-order valence-electron chi connectivity index (χ1n) is 4.80. The molecule has 2 rings (SSSR count). The van der Waals surface area contributed by atoms with Gasteiger partial charge in [0, 0.05) is 12.7 Å². The summed E-state index contributed by atoms with van der Waals surface area (Å²) in [6.45, 7) is 1.96. The molecule has 0 aliphatic rings. The number of nitrogen functional groups attached to an aromatic ring is 1. The Balaban J connectivity index is 2.37. The van der Waals surface area contributed by atoms with Crippen molar-refractivity contribution in [3.8, 4) is 0 Å². The maximum atomic E-state index is 6.11. The second kappa shape index (κ2) is 4.39. The molecule has 0 aliphatic carbocycles. The smallest absolute Gasteiger partial charge is 0.0988 e. The number of hydrogen-bond donors (Lipinski definition) is 1. The highest BCUT2D eigenvalue weighted by Crippen LogP contribution is 2.37. The number of nitrogens with zero attached hydrogens (tertiary/aromatic N) is 2. The third-order valence-corrected chi connectivity index (χ3v) is 3.84. The number of benzene rings is 1. The Kier molecular flexibility index (Phi) is 3.12. The fourth-order valence-electron chi connectivity index (χ4n) is 1.42. The van der Waals surface area contributed by atoms with Gasteiger partial charge in [0.1, 0.15) is 0 Å². The molecule has 1 aromatic heterocycles. The first kappa shape index (κ1) is 11.4. The second-order valence-electron chi connectivity index (χ2n) is 3.51. The van der Waals surface area contributed by atoms with Gasteiger partial charge in [-0.2, -0.15) is 5.10 Å². The minimum Gasteiger partial charge on any atom is -0.398 e. The van der Waals surface area contributed by atoms with Gasteiger partial charge in [0.15, 0.2) is 0 Å². The third kappa shape index (κ3) is 2.18. The van der Waals surface area contributed by atoms with E-state index in [0.29, 0.717) is 10.7 Å². The Bertz CT molecular complexity index is 502. The average Bonchev–Trinajstić information content (AvgIpc) is 2.51. The van der Waals surface area contributed by atoms with Crippen molar-refractivity contribution in [1.82, 2.24) is 9.78 Å². The Hall–Kier alpha value is -1.13. The SMILES string of the molecule is Cc1cc(Sc2c(N)cccc2Cl)n(C)n1. The quantitative estimate of drug-likeness (QED) is 0.837. The zero-order chi connectivity index (χ0) is 11.7. The molecule has 0 fully saturated rings. The Morgan fingerprint density at radius 2 is 2.19 bits per heavy atom. The molecule has 5 heteroatoms. The Morgan fingerprint density at radius 1 is 1.44 bits per heavy atom. The van der Waals surface area contributed by atoms with Crippen LogP contribution in [0.25, 0.3) is 0 Å². The van der Waals surface area contributed by atoms with Crippen LogP contribution in [0.15, 0.2) is 34.2 Å². The van der Waals surface area contributed by atoms with Gasteiger partial charge in [-0.1, -0.05) is 29.4 Å². The topological polar surface area (TPSA) is 43.8 Å². The van der Waals surface area contributed by atoms with Crippen LogP contribution in [-0.2, 0) is 7.05 Å². The van der Waals surface area contributed by atoms with Crippen LogP contribution in [0.5, 0.6) is 0 Å². The summed E-state index contributed by atoms with van der Waals surface area (Å²) >= 11 is 7.64. The molecule has 0 atom stereocenters. The number of aromatic nitrogens is 2. The molecule has 16 heavy (non-hydrogen) atoms. The standard InChI is InChI=1S/C11H12ClN3S/c1-7-6-10(15(2)14-7)16-11-8(12)4-3-5-9(11)13/h3-6H,13H2,1-2H3. The molecule has 0 aliphatic heterocycles. The van der Waals surface area contributed by atoms with Gasteiger partial charge >= 0.3 is 0 Å². The van der Waals surface area contributed by atoms with Crippen LogP contribution in [0.1, 0.15) is 5.69 Å². The molecule has 0 amide bonds. The van der Waals surface area contributed by atoms with Crippen molar-refractivity contribution in [2.75, 3.05) is 5.73 Å². The van der Waals surface area contributed by atoms with Crippen LogP contribution < -0.4 is 5.73 Å². The molecule has 0 spiro atoms. The molecule has 0 saturated heterocycles. The van der Waals surface area contributed by atoms with Crippen LogP contribution in [-0.4, -0.2) is 9.78 Å². The first-order chi connectivity index (χ1) is 7.58. The van der Waals surface area contributed by atoms with Gasteiger partial charge in [0.05, 0.1) is 20.6 Å². The van der Waals surface area contributed by atoms with Crippen LogP contribution in [0.3, 0.4) is 0 Å². The normalized spacial score (nSPS) is 10.7. The molecule has 84 valence electrons. The lowest BCUT2D eigenvalue weighted by molar-refractivity contribution is 0.692. The molecule has 3 nitrogen and oxygen atoms in total. The predicted octanol–water partition coefficient (Wildman–Crippen LogP) is 3.12. The Labute approximate surface area is 104 Å². The summed E-state index contributed by atoms with van der Waals surface area (Å²) in [5, 5.41) is 5.97. The van der Waals surface area contributed by atoms with Crippen LogP contribution >= 0.6 is 23.4 Å². The summed E-state index contributed by atoms with van der Waals surface area (Å²) in [4.78, 5) is 0.882. The second-order valence-corrected chi connectivity index (χ2v) is 4.95. The number of aryl methyl sites for hydroxylation is 2. The fourth-order valence-corrected chi connectivity index (χ4v) is 2.68. The summed E-state index contributed by atoms with van der Waals surface area (Å²) in [7, 11) is 1.91. The lowest BCUT2D eigenvalue weighted by Crippen LogP contribution is -1.94. The Morgan fingerprint density at radius 3 is 2.75 bits per heavy atom. The van der Waals surface area contributed by atoms with E-state index < -0.39 is 0 Å². The monoisotopic (exact) mass is 253 g/mol. The molecular weight excluding hydrogens is 242 g/mol. The summed E-state index contributed by atoms with van der Waals surface area (Å²) in [5.41, 5.74) is 7.56. The maximum absolute atomic E-state index is 6.11. The molecule has 1 aromatic carbocycles. The third-order valence-electron chi connectivity index (χ3n) is 2.16. The first-order valence-corrected chi connectivity index (χ1v) is 6.00. The van der Waals surface area contributed by atoms with E-state index >= 15 is 0 Å². The highest BCUT2D eigenvalue weighted by Gasteiger charge is 2.09. The molecule has 2 aromatic rings. The molecule has 0 bridgehead atoms. The van der Waals surface area contributed by atoms with Crippen molar-refractivity contribution >= 4 is 29.1 Å². The van der Waals surface area contributed by atoms with E-state index in [1.807, 2.05) is 42.9 Å². The van der Waals surface area contributed by atoms with Crippen molar-refractivity contribution in [2.24, 2.45) is 7.05 Å². The van der Waals surface area contributed by atoms with Crippen molar-refractivity contribution in [3.05, 3.63) is 35.0 Å². The lowest BCUT2D eigenvalue weighted by atomic mass is 10.3. The molecule has 1 heterocycles. The number of nitrogens with two attached hydrogens (primary N) is 1.